The van der Waals surface area contributed by atoms with Gasteiger partial charge in [0.15, 0.2) is 0 Å². The molecule has 0 aliphatic rings. The first-order valence-electron chi connectivity index (χ1n) is 9.08. The van der Waals surface area contributed by atoms with E-state index in [4.69, 9.17) is 0 Å². The van der Waals surface area contributed by atoms with Gasteiger partial charge in [0, 0.05) is 19.5 Å². The number of nitrogens with zero attached hydrogens (tertiary/aromatic N) is 2. The monoisotopic (exact) mass is 373 g/mol. The minimum Gasteiger partial charge on any atom is -0.337 e. The van der Waals surface area contributed by atoms with Gasteiger partial charge in [-0.2, -0.15) is 0 Å². The molecule has 5 heteroatoms. The minimum atomic E-state index is -0.287. The van der Waals surface area contributed by atoms with Gasteiger partial charge in [0.25, 0.3) is 0 Å². The zero-order valence-electron chi connectivity index (χ0n) is 16.3. The van der Waals surface area contributed by atoms with Gasteiger partial charge in [0.05, 0.1) is 12.2 Å². The van der Waals surface area contributed by atoms with Crippen molar-refractivity contribution in [3.63, 3.8) is 0 Å². The third-order valence-corrected chi connectivity index (χ3v) is 4.47. The molecule has 0 unspecified atom stereocenters. The fourth-order valence-corrected chi connectivity index (χ4v) is 2.77. The Morgan fingerprint density at radius 1 is 0.929 bits per heavy atom. The van der Waals surface area contributed by atoms with Gasteiger partial charge >= 0.3 is 0 Å². The Labute approximate surface area is 165 Å². The second kappa shape index (κ2) is 8.48. The number of hydrogen-bond donors (Lipinski definition) is 1. The van der Waals surface area contributed by atoms with Crippen LogP contribution in [0.15, 0.2) is 66.7 Å². The number of likely N-dealkylation sites (N-methyl/N-ethyl adjacent to an activating group) is 1. The van der Waals surface area contributed by atoms with Crippen molar-refractivity contribution in [3.8, 4) is 22.4 Å². The highest BCUT2D eigenvalue weighted by Crippen LogP contribution is 2.28. The number of rotatable bonds is 5. The average molecular weight is 373 g/mol. The number of hydrogen-bond acceptors (Lipinski definition) is 3. The Hall–Kier alpha value is -3.47. The number of nitrogens with one attached hydrogen (secondary N) is 1. The predicted molar refractivity (Wildman–Crippen MR) is 112 cm³/mol. The summed E-state index contributed by atoms with van der Waals surface area (Å²) in [5.41, 5.74) is 4.93. The SMILES string of the molecule is CC(=O)N(C)CC(=O)Nc1cc(-c2ccc(C)cc2)cc(-c2ccccc2)n1. The van der Waals surface area contributed by atoms with Gasteiger partial charge in [0.1, 0.15) is 5.82 Å². The summed E-state index contributed by atoms with van der Waals surface area (Å²) in [5.74, 6) is 0.00522. The van der Waals surface area contributed by atoms with Crippen molar-refractivity contribution in [2.75, 3.05) is 18.9 Å². The van der Waals surface area contributed by atoms with Crippen LogP contribution in [-0.4, -0.2) is 35.3 Å². The number of aromatic nitrogens is 1. The van der Waals surface area contributed by atoms with Gasteiger partial charge < -0.3 is 10.2 Å². The van der Waals surface area contributed by atoms with Crippen LogP contribution in [-0.2, 0) is 9.59 Å². The highest BCUT2D eigenvalue weighted by molar-refractivity contribution is 5.94. The second-order valence-corrected chi connectivity index (χ2v) is 6.78. The Balaban J connectivity index is 1.97. The molecule has 0 bridgehead atoms. The highest BCUT2D eigenvalue weighted by Gasteiger charge is 2.12. The van der Waals surface area contributed by atoms with Crippen molar-refractivity contribution in [3.05, 3.63) is 72.3 Å². The van der Waals surface area contributed by atoms with Crippen molar-refractivity contribution < 1.29 is 9.59 Å². The molecule has 1 N–H and O–H groups in total. The normalized spacial score (nSPS) is 10.4. The van der Waals surface area contributed by atoms with E-state index in [0.717, 1.165) is 22.4 Å². The molecule has 1 heterocycles. The maximum absolute atomic E-state index is 12.3. The number of pyridine rings is 1. The predicted octanol–water partition coefficient (Wildman–Crippen LogP) is 4.14. The minimum absolute atomic E-state index is 0.0214. The van der Waals surface area contributed by atoms with E-state index in [1.807, 2.05) is 49.4 Å². The Morgan fingerprint density at radius 3 is 2.25 bits per heavy atom. The molecule has 0 aliphatic heterocycles. The zero-order chi connectivity index (χ0) is 20.1. The summed E-state index contributed by atoms with van der Waals surface area (Å²) in [6, 6.07) is 21.9. The smallest absolute Gasteiger partial charge is 0.245 e. The van der Waals surface area contributed by atoms with Crippen LogP contribution in [0.5, 0.6) is 0 Å². The first kappa shape index (κ1) is 19.3. The van der Waals surface area contributed by atoms with Crippen LogP contribution in [0, 0.1) is 6.92 Å². The van der Waals surface area contributed by atoms with E-state index in [-0.39, 0.29) is 18.4 Å². The number of benzene rings is 2. The lowest BCUT2D eigenvalue weighted by atomic mass is 10.0. The molecule has 1 aromatic heterocycles. The van der Waals surface area contributed by atoms with Crippen molar-refractivity contribution in [1.29, 1.82) is 0 Å². The molecule has 0 radical (unpaired) electrons. The number of amides is 2. The Kier molecular flexibility index (Phi) is 5.84. The molecule has 3 aromatic rings. The summed E-state index contributed by atoms with van der Waals surface area (Å²) in [7, 11) is 1.59. The lowest BCUT2D eigenvalue weighted by molar-refractivity contribution is -0.131. The van der Waals surface area contributed by atoms with Gasteiger partial charge in [-0.15, -0.1) is 0 Å². The van der Waals surface area contributed by atoms with E-state index in [0.29, 0.717) is 5.82 Å². The maximum atomic E-state index is 12.3. The summed E-state index contributed by atoms with van der Waals surface area (Å²) in [6.45, 7) is 3.45. The van der Waals surface area contributed by atoms with E-state index in [2.05, 4.69) is 34.6 Å². The molecular formula is C23H23N3O2. The zero-order valence-corrected chi connectivity index (χ0v) is 16.3. The average Bonchev–Trinajstić information content (AvgIpc) is 2.68. The fourth-order valence-electron chi connectivity index (χ4n) is 2.77. The molecule has 0 saturated heterocycles. The summed E-state index contributed by atoms with van der Waals surface area (Å²) in [4.78, 5) is 29.7. The van der Waals surface area contributed by atoms with Gasteiger partial charge in [0.2, 0.25) is 11.8 Å². The molecule has 2 aromatic carbocycles. The van der Waals surface area contributed by atoms with Gasteiger partial charge in [-0.1, -0.05) is 60.2 Å². The molecular weight excluding hydrogens is 350 g/mol. The summed E-state index contributed by atoms with van der Waals surface area (Å²) >= 11 is 0. The molecule has 0 aliphatic carbocycles. The molecule has 0 spiro atoms. The summed E-state index contributed by atoms with van der Waals surface area (Å²) < 4.78 is 0. The maximum Gasteiger partial charge on any atom is 0.245 e. The van der Waals surface area contributed by atoms with Crippen LogP contribution < -0.4 is 5.32 Å². The molecule has 0 fully saturated rings. The number of carbonyl (C=O) groups is 2. The number of aryl methyl sites for hydroxylation is 1. The van der Waals surface area contributed by atoms with Crippen LogP contribution in [0.4, 0.5) is 5.82 Å². The van der Waals surface area contributed by atoms with Gasteiger partial charge in [-0.25, -0.2) is 4.98 Å². The molecule has 2 amide bonds. The number of carbonyl (C=O) groups excluding carboxylic acids is 2. The quantitative estimate of drug-likeness (QED) is 0.731. The van der Waals surface area contributed by atoms with Gasteiger partial charge in [-0.05, 0) is 30.2 Å². The first-order valence-corrected chi connectivity index (χ1v) is 9.08. The van der Waals surface area contributed by atoms with Crippen LogP contribution >= 0.6 is 0 Å². The van der Waals surface area contributed by atoms with Crippen molar-refractivity contribution >= 4 is 17.6 Å². The molecule has 28 heavy (non-hydrogen) atoms. The van der Waals surface area contributed by atoms with Crippen molar-refractivity contribution in [1.82, 2.24) is 9.88 Å². The van der Waals surface area contributed by atoms with Crippen LogP contribution in [0.2, 0.25) is 0 Å². The summed E-state index contributed by atoms with van der Waals surface area (Å²) in [6.07, 6.45) is 0. The van der Waals surface area contributed by atoms with Crippen molar-refractivity contribution in [2.45, 2.75) is 13.8 Å². The second-order valence-electron chi connectivity index (χ2n) is 6.78. The van der Waals surface area contributed by atoms with E-state index < -0.39 is 0 Å². The molecule has 142 valence electrons. The molecule has 5 nitrogen and oxygen atoms in total. The van der Waals surface area contributed by atoms with E-state index in [1.165, 1.54) is 17.4 Å². The largest absolute Gasteiger partial charge is 0.337 e. The summed E-state index contributed by atoms with van der Waals surface area (Å²) in [5, 5.41) is 2.82. The van der Waals surface area contributed by atoms with Crippen LogP contribution in [0.1, 0.15) is 12.5 Å². The third kappa shape index (κ3) is 4.82. The van der Waals surface area contributed by atoms with E-state index in [1.54, 1.807) is 7.05 Å². The van der Waals surface area contributed by atoms with Gasteiger partial charge in [-0.3, -0.25) is 9.59 Å². The van der Waals surface area contributed by atoms with Crippen molar-refractivity contribution in [2.24, 2.45) is 0 Å². The van der Waals surface area contributed by atoms with E-state index in [9.17, 15) is 9.59 Å². The van der Waals surface area contributed by atoms with E-state index >= 15 is 0 Å². The molecule has 0 saturated carbocycles. The topological polar surface area (TPSA) is 62.3 Å². The fraction of sp³-hybridized carbons (Fsp3) is 0.174. The number of anilines is 1. The lowest BCUT2D eigenvalue weighted by Crippen LogP contribution is -2.33. The lowest BCUT2D eigenvalue weighted by Gasteiger charge is -2.15. The Bertz CT molecular complexity index is 982. The van der Waals surface area contributed by atoms with Crippen LogP contribution in [0.25, 0.3) is 22.4 Å². The third-order valence-electron chi connectivity index (χ3n) is 4.47. The standard InChI is InChI=1S/C23H23N3O2/c1-16-9-11-18(12-10-16)20-13-21(19-7-5-4-6-8-19)24-22(14-20)25-23(28)15-26(3)17(2)27/h4-14H,15H2,1-3H3,(H,24,25,28). The molecule has 3 rings (SSSR count). The molecule has 0 atom stereocenters. The highest BCUT2D eigenvalue weighted by atomic mass is 16.2. The first-order chi connectivity index (χ1) is 13.4. The van der Waals surface area contributed by atoms with Crippen LogP contribution in [0.3, 0.4) is 0 Å². The Morgan fingerprint density at radius 2 is 1.61 bits per heavy atom.